The van der Waals surface area contributed by atoms with E-state index in [0.717, 1.165) is 31.6 Å². The normalized spacial score (nSPS) is 25.6. The number of likely N-dealkylation sites (tertiary alicyclic amines) is 2. The van der Waals surface area contributed by atoms with Gasteiger partial charge in [0.2, 0.25) is 0 Å². The Kier molecular flexibility index (Phi) is 3.56. The Morgan fingerprint density at radius 1 is 1.22 bits per heavy atom. The summed E-state index contributed by atoms with van der Waals surface area (Å²) in [4.78, 5) is 22.1. The molecule has 23 heavy (non-hydrogen) atoms. The monoisotopic (exact) mass is 313 g/mol. The second-order valence-corrected chi connectivity index (χ2v) is 6.79. The van der Waals surface area contributed by atoms with Crippen LogP contribution in [0.5, 0.6) is 0 Å². The van der Waals surface area contributed by atoms with Crippen LogP contribution in [0.25, 0.3) is 5.65 Å². The van der Waals surface area contributed by atoms with Crippen molar-refractivity contribution >= 4 is 11.6 Å². The third-order valence-electron chi connectivity index (χ3n) is 5.32. The van der Waals surface area contributed by atoms with Crippen molar-refractivity contribution in [1.29, 1.82) is 0 Å². The van der Waals surface area contributed by atoms with Gasteiger partial charge in [-0.25, -0.2) is 9.50 Å². The van der Waals surface area contributed by atoms with Crippen molar-refractivity contribution in [1.82, 2.24) is 24.4 Å². The summed E-state index contributed by atoms with van der Waals surface area (Å²) in [6.45, 7) is 3.92. The van der Waals surface area contributed by atoms with E-state index >= 15 is 0 Å². The summed E-state index contributed by atoms with van der Waals surface area (Å²) in [6, 6.07) is 2.73. The summed E-state index contributed by atoms with van der Waals surface area (Å²) in [5.74, 6) is 0.0842. The number of hydrogen-bond acceptors (Lipinski definition) is 4. The minimum atomic E-state index is 0.0842. The van der Waals surface area contributed by atoms with Gasteiger partial charge < -0.3 is 9.80 Å². The predicted octanol–water partition coefficient (Wildman–Crippen LogP) is 1.74. The Balaban J connectivity index is 1.65. The number of amides is 1. The first kappa shape index (κ1) is 14.6. The van der Waals surface area contributed by atoms with Crippen LogP contribution in [0, 0.1) is 6.92 Å². The summed E-state index contributed by atoms with van der Waals surface area (Å²) in [5, 5.41) is 4.29. The van der Waals surface area contributed by atoms with Gasteiger partial charge in [-0.15, -0.1) is 0 Å². The fourth-order valence-electron chi connectivity index (χ4n) is 4.13. The number of hydrogen-bond donors (Lipinski definition) is 0. The van der Waals surface area contributed by atoms with Gasteiger partial charge >= 0.3 is 0 Å². The van der Waals surface area contributed by atoms with Gasteiger partial charge in [0, 0.05) is 30.5 Å². The maximum atomic E-state index is 13.1. The van der Waals surface area contributed by atoms with E-state index in [4.69, 9.17) is 0 Å². The summed E-state index contributed by atoms with van der Waals surface area (Å²) < 4.78 is 1.69. The fraction of sp³-hybridized carbons (Fsp3) is 0.588. The predicted molar refractivity (Wildman–Crippen MR) is 87.4 cm³/mol. The molecule has 2 aliphatic heterocycles. The Hall–Kier alpha value is -1.95. The van der Waals surface area contributed by atoms with Crippen LogP contribution >= 0.6 is 0 Å². The number of nitrogens with zero attached hydrogens (tertiary/aromatic N) is 5. The summed E-state index contributed by atoms with van der Waals surface area (Å²) in [5.41, 5.74) is 2.20. The van der Waals surface area contributed by atoms with Crippen LogP contribution in [0.2, 0.25) is 0 Å². The highest BCUT2D eigenvalue weighted by atomic mass is 16.2. The summed E-state index contributed by atoms with van der Waals surface area (Å²) in [7, 11) is 2.18. The third kappa shape index (κ3) is 2.41. The van der Waals surface area contributed by atoms with Gasteiger partial charge in [0.15, 0.2) is 5.65 Å². The van der Waals surface area contributed by atoms with Crippen molar-refractivity contribution in [3.8, 4) is 0 Å². The first-order valence-electron chi connectivity index (χ1n) is 8.47. The standard InChI is InChI=1S/C17H23N5O/c1-12-7-10-22-16(19-12)13(11-18-22)17(23)21-9-4-6-15(21)14-5-3-8-20(14)2/h7,10-11,14-15H,3-6,8-9H2,1-2H3. The maximum Gasteiger partial charge on any atom is 0.259 e. The molecule has 2 aliphatic rings. The topological polar surface area (TPSA) is 53.7 Å². The molecule has 2 fully saturated rings. The SMILES string of the molecule is Cc1ccn2ncc(C(=O)N3CCCC3C3CCCN3C)c2n1. The van der Waals surface area contributed by atoms with Crippen molar-refractivity contribution < 1.29 is 4.79 Å². The number of aromatic nitrogens is 3. The van der Waals surface area contributed by atoms with Gasteiger partial charge in [0.1, 0.15) is 5.56 Å². The average molecular weight is 313 g/mol. The molecule has 2 saturated heterocycles. The quantitative estimate of drug-likeness (QED) is 0.847. The zero-order valence-corrected chi connectivity index (χ0v) is 13.8. The van der Waals surface area contributed by atoms with E-state index in [1.807, 2.05) is 19.2 Å². The molecule has 6 nitrogen and oxygen atoms in total. The van der Waals surface area contributed by atoms with Gasteiger partial charge in [-0.2, -0.15) is 5.10 Å². The van der Waals surface area contributed by atoms with Crippen LogP contribution in [-0.4, -0.2) is 62.5 Å². The zero-order valence-electron chi connectivity index (χ0n) is 13.8. The van der Waals surface area contributed by atoms with Crippen molar-refractivity contribution in [2.45, 2.75) is 44.7 Å². The smallest absolute Gasteiger partial charge is 0.259 e. The molecule has 0 N–H and O–H groups in total. The molecule has 0 radical (unpaired) electrons. The molecule has 4 rings (SSSR count). The number of carbonyl (C=O) groups is 1. The van der Waals surface area contributed by atoms with Crippen LogP contribution in [0.1, 0.15) is 41.7 Å². The number of rotatable bonds is 2. The van der Waals surface area contributed by atoms with E-state index < -0.39 is 0 Å². The molecule has 2 aromatic heterocycles. The molecule has 0 bridgehead atoms. The van der Waals surface area contributed by atoms with E-state index in [2.05, 4.69) is 26.9 Å². The van der Waals surface area contributed by atoms with E-state index in [1.165, 1.54) is 12.8 Å². The number of aryl methyl sites for hydroxylation is 1. The molecule has 122 valence electrons. The lowest BCUT2D eigenvalue weighted by Crippen LogP contribution is -2.47. The van der Waals surface area contributed by atoms with Crippen molar-refractivity contribution in [2.24, 2.45) is 0 Å². The highest BCUT2D eigenvalue weighted by Gasteiger charge is 2.39. The average Bonchev–Trinajstić information content (AvgIpc) is 3.24. The lowest BCUT2D eigenvalue weighted by molar-refractivity contribution is 0.0666. The molecule has 0 spiro atoms. The highest BCUT2D eigenvalue weighted by molar-refractivity contribution is 6.00. The van der Waals surface area contributed by atoms with E-state index in [0.29, 0.717) is 23.3 Å². The molecule has 1 amide bonds. The first-order valence-corrected chi connectivity index (χ1v) is 8.47. The number of carbonyl (C=O) groups excluding carboxylic acids is 1. The maximum absolute atomic E-state index is 13.1. The number of likely N-dealkylation sites (N-methyl/N-ethyl adjacent to an activating group) is 1. The van der Waals surface area contributed by atoms with Crippen molar-refractivity contribution in [2.75, 3.05) is 20.1 Å². The Morgan fingerprint density at radius 2 is 2.00 bits per heavy atom. The van der Waals surface area contributed by atoms with E-state index in [1.54, 1.807) is 10.7 Å². The van der Waals surface area contributed by atoms with Gasteiger partial charge in [-0.05, 0) is 52.3 Å². The molecule has 0 aliphatic carbocycles. The second kappa shape index (κ2) is 5.60. The van der Waals surface area contributed by atoms with Gasteiger partial charge in [0.25, 0.3) is 5.91 Å². The van der Waals surface area contributed by atoms with Crippen molar-refractivity contribution in [3.05, 3.63) is 29.7 Å². The largest absolute Gasteiger partial charge is 0.334 e. The van der Waals surface area contributed by atoms with Crippen LogP contribution in [-0.2, 0) is 0 Å². The lowest BCUT2D eigenvalue weighted by Gasteiger charge is -2.33. The molecular weight excluding hydrogens is 290 g/mol. The first-order chi connectivity index (χ1) is 11.1. The third-order valence-corrected chi connectivity index (χ3v) is 5.32. The molecule has 6 heteroatoms. The Bertz CT molecular complexity index is 740. The fourth-order valence-corrected chi connectivity index (χ4v) is 4.13. The minimum absolute atomic E-state index is 0.0842. The Labute approximate surface area is 136 Å². The van der Waals surface area contributed by atoms with Crippen LogP contribution in [0.3, 0.4) is 0 Å². The van der Waals surface area contributed by atoms with Gasteiger partial charge in [-0.3, -0.25) is 4.79 Å². The van der Waals surface area contributed by atoms with Gasteiger partial charge in [-0.1, -0.05) is 0 Å². The molecule has 4 heterocycles. The van der Waals surface area contributed by atoms with E-state index in [9.17, 15) is 4.79 Å². The molecule has 0 saturated carbocycles. The van der Waals surface area contributed by atoms with E-state index in [-0.39, 0.29) is 5.91 Å². The molecular formula is C17H23N5O. The number of fused-ring (bicyclic) bond motifs is 1. The van der Waals surface area contributed by atoms with Crippen LogP contribution in [0.15, 0.2) is 18.5 Å². The van der Waals surface area contributed by atoms with Crippen LogP contribution in [0.4, 0.5) is 0 Å². The molecule has 2 aromatic rings. The lowest BCUT2D eigenvalue weighted by atomic mass is 10.0. The second-order valence-electron chi connectivity index (χ2n) is 6.79. The summed E-state index contributed by atoms with van der Waals surface area (Å²) >= 11 is 0. The zero-order chi connectivity index (χ0) is 16.0. The minimum Gasteiger partial charge on any atom is -0.334 e. The van der Waals surface area contributed by atoms with Crippen molar-refractivity contribution in [3.63, 3.8) is 0 Å². The van der Waals surface area contributed by atoms with Crippen LogP contribution < -0.4 is 0 Å². The molecule has 2 unspecified atom stereocenters. The highest BCUT2D eigenvalue weighted by Crippen LogP contribution is 2.30. The molecule has 2 atom stereocenters. The van der Waals surface area contributed by atoms with Gasteiger partial charge in [0.05, 0.1) is 6.20 Å². The summed E-state index contributed by atoms with van der Waals surface area (Å²) in [6.07, 6.45) is 8.14. The Morgan fingerprint density at radius 3 is 2.78 bits per heavy atom. The molecule has 0 aromatic carbocycles.